The fourth-order valence-electron chi connectivity index (χ4n) is 3.23. The van der Waals surface area contributed by atoms with Gasteiger partial charge in [0.25, 0.3) is 0 Å². The van der Waals surface area contributed by atoms with Crippen LogP contribution in [0.3, 0.4) is 0 Å². The minimum atomic E-state index is -0.105. The largest absolute Gasteiger partial charge is 0.469 e. The summed E-state index contributed by atoms with van der Waals surface area (Å²) in [6.45, 7) is 0. The van der Waals surface area contributed by atoms with Crippen molar-refractivity contribution in [1.29, 1.82) is 0 Å². The van der Waals surface area contributed by atoms with Crippen molar-refractivity contribution in [2.45, 2.75) is 51.0 Å². The van der Waals surface area contributed by atoms with Crippen molar-refractivity contribution in [2.24, 2.45) is 11.1 Å². The number of thiophene rings is 1. The minimum Gasteiger partial charge on any atom is -0.469 e. The van der Waals surface area contributed by atoms with Gasteiger partial charge in [0.15, 0.2) is 0 Å². The zero-order valence-electron chi connectivity index (χ0n) is 11.9. The number of methoxy groups -OCH3 is 1. The van der Waals surface area contributed by atoms with Gasteiger partial charge in [-0.1, -0.05) is 19.3 Å². The van der Waals surface area contributed by atoms with Gasteiger partial charge in [-0.15, -0.1) is 11.3 Å². The highest BCUT2D eigenvalue weighted by Gasteiger charge is 2.36. The lowest BCUT2D eigenvalue weighted by atomic mass is 9.68. The van der Waals surface area contributed by atoms with Crippen LogP contribution < -0.4 is 5.73 Å². The molecule has 1 fully saturated rings. The van der Waals surface area contributed by atoms with Gasteiger partial charge >= 0.3 is 5.97 Å². The van der Waals surface area contributed by atoms with Gasteiger partial charge in [0.2, 0.25) is 0 Å². The normalized spacial score (nSPS) is 19.6. The number of hydrogen-bond donors (Lipinski definition) is 1. The molecule has 2 N–H and O–H groups in total. The quantitative estimate of drug-likeness (QED) is 0.791. The van der Waals surface area contributed by atoms with Crippen molar-refractivity contribution in [1.82, 2.24) is 0 Å². The Morgan fingerprint density at radius 1 is 1.45 bits per heavy atom. The number of carbonyl (C=O) groups is 1. The molecule has 0 saturated heterocycles. The lowest BCUT2D eigenvalue weighted by Gasteiger charge is -2.38. The molecule has 0 radical (unpaired) electrons. The number of rotatable bonds is 5. The molecule has 1 aliphatic rings. The first kappa shape index (κ1) is 16.0. The van der Waals surface area contributed by atoms with Crippen LogP contribution in [0.25, 0.3) is 0 Å². The molecule has 0 bridgehead atoms. The molecule has 1 aromatic heterocycles. The third-order valence-corrected chi connectivity index (χ3v) is 6.03. The first-order valence-electron chi connectivity index (χ1n) is 7.12. The maximum atomic E-state index is 11.7. The first-order chi connectivity index (χ1) is 9.54. The van der Waals surface area contributed by atoms with E-state index in [1.54, 1.807) is 11.3 Å². The highest BCUT2D eigenvalue weighted by Crippen LogP contribution is 2.46. The van der Waals surface area contributed by atoms with E-state index in [4.69, 9.17) is 10.5 Å². The number of halogens is 1. The standard InChI is InChI=1S/C15H22BrNO2S/c1-19-14(18)10-15(7-3-2-4-8-15)9-11(17)12-5-6-13(16)20-12/h5-6,11H,2-4,7-10,17H2,1H3. The molecular weight excluding hydrogens is 338 g/mol. The van der Waals surface area contributed by atoms with Crippen LogP contribution >= 0.6 is 27.3 Å². The molecule has 0 spiro atoms. The molecule has 0 amide bonds. The summed E-state index contributed by atoms with van der Waals surface area (Å²) in [5.41, 5.74) is 6.41. The van der Waals surface area contributed by atoms with Crippen molar-refractivity contribution in [3.63, 3.8) is 0 Å². The Kier molecular flexibility index (Phi) is 5.64. The minimum absolute atomic E-state index is 0.00839. The number of hydrogen-bond acceptors (Lipinski definition) is 4. The maximum absolute atomic E-state index is 11.7. The fraction of sp³-hybridized carbons (Fsp3) is 0.667. The van der Waals surface area contributed by atoms with Crippen molar-refractivity contribution in [2.75, 3.05) is 7.11 Å². The number of nitrogens with two attached hydrogens (primary N) is 1. The van der Waals surface area contributed by atoms with Gasteiger partial charge in [0, 0.05) is 10.9 Å². The van der Waals surface area contributed by atoms with Gasteiger partial charge in [-0.05, 0) is 52.7 Å². The second-order valence-electron chi connectivity index (χ2n) is 5.77. The van der Waals surface area contributed by atoms with Gasteiger partial charge in [0.05, 0.1) is 17.3 Å². The summed E-state index contributed by atoms with van der Waals surface area (Å²) in [7, 11) is 1.47. The summed E-state index contributed by atoms with van der Waals surface area (Å²) in [4.78, 5) is 12.9. The zero-order chi connectivity index (χ0) is 14.6. The van der Waals surface area contributed by atoms with Crippen LogP contribution in [0.1, 0.15) is 55.9 Å². The molecule has 3 nitrogen and oxygen atoms in total. The van der Waals surface area contributed by atoms with E-state index in [1.165, 1.54) is 31.2 Å². The van der Waals surface area contributed by atoms with Crippen molar-refractivity contribution < 1.29 is 9.53 Å². The van der Waals surface area contributed by atoms with Gasteiger partial charge in [-0.25, -0.2) is 0 Å². The highest BCUT2D eigenvalue weighted by atomic mass is 79.9. The Bertz CT molecular complexity index is 454. The molecule has 1 heterocycles. The number of esters is 1. The van der Waals surface area contributed by atoms with Crippen molar-refractivity contribution in [3.8, 4) is 0 Å². The average molecular weight is 360 g/mol. The molecule has 1 atom stereocenters. The van der Waals surface area contributed by atoms with Crippen LogP contribution in [0.2, 0.25) is 0 Å². The van der Waals surface area contributed by atoms with Crippen molar-refractivity contribution >= 4 is 33.2 Å². The lowest BCUT2D eigenvalue weighted by molar-refractivity contribution is -0.144. The summed E-state index contributed by atoms with van der Waals surface area (Å²) >= 11 is 5.16. The Hall–Kier alpha value is -0.390. The summed E-state index contributed by atoms with van der Waals surface area (Å²) < 4.78 is 5.99. The topological polar surface area (TPSA) is 52.3 Å². The van der Waals surface area contributed by atoms with E-state index in [-0.39, 0.29) is 17.4 Å². The van der Waals surface area contributed by atoms with Crippen LogP contribution in [-0.2, 0) is 9.53 Å². The molecule has 1 saturated carbocycles. The van der Waals surface area contributed by atoms with E-state index >= 15 is 0 Å². The molecular formula is C15H22BrNO2S. The monoisotopic (exact) mass is 359 g/mol. The molecule has 1 unspecified atom stereocenters. The second kappa shape index (κ2) is 7.05. The van der Waals surface area contributed by atoms with E-state index in [0.29, 0.717) is 6.42 Å². The first-order valence-corrected chi connectivity index (χ1v) is 8.73. The molecule has 20 heavy (non-hydrogen) atoms. The smallest absolute Gasteiger partial charge is 0.306 e. The van der Waals surface area contributed by atoms with E-state index < -0.39 is 0 Å². The Labute approximate surface area is 133 Å². The van der Waals surface area contributed by atoms with Crippen LogP contribution in [0.4, 0.5) is 0 Å². The summed E-state index contributed by atoms with van der Waals surface area (Å²) in [6, 6.07) is 4.12. The third kappa shape index (κ3) is 4.06. The summed E-state index contributed by atoms with van der Waals surface area (Å²) in [6.07, 6.45) is 7.20. The molecule has 112 valence electrons. The van der Waals surface area contributed by atoms with Crippen LogP contribution in [0.15, 0.2) is 15.9 Å². The molecule has 2 rings (SSSR count). The van der Waals surface area contributed by atoms with E-state index in [1.807, 2.05) is 6.07 Å². The van der Waals surface area contributed by atoms with Crippen LogP contribution in [-0.4, -0.2) is 13.1 Å². The fourth-order valence-corrected chi connectivity index (χ4v) is 4.65. The van der Waals surface area contributed by atoms with E-state index in [9.17, 15) is 4.79 Å². The predicted octanol–water partition coefficient (Wildman–Crippen LogP) is 4.41. The Morgan fingerprint density at radius 2 is 2.15 bits per heavy atom. The maximum Gasteiger partial charge on any atom is 0.306 e. The SMILES string of the molecule is COC(=O)CC1(CC(N)c2ccc(Br)s2)CCCCC1. The predicted molar refractivity (Wildman–Crippen MR) is 85.7 cm³/mol. The number of carbonyl (C=O) groups excluding carboxylic acids is 1. The number of ether oxygens (including phenoxy) is 1. The third-order valence-electron chi connectivity index (χ3n) is 4.27. The molecule has 1 aromatic rings. The van der Waals surface area contributed by atoms with E-state index in [0.717, 1.165) is 23.0 Å². The lowest BCUT2D eigenvalue weighted by Crippen LogP contribution is -2.31. The summed E-state index contributed by atoms with van der Waals surface area (Å²) in [5.74, 6) is -0.105. The molecule has 1 aliphatic carbocycles. The molecule has 0 aliphatic heterocycles. The van der Waals surface area contributed by atoms with Gasteiger partial charge in [-0.3, -0.25) is 4.79 Å². The van der Waals surface area contributed by atoms with Crippen molar-refractivity contribution in [3.05, 3.63) is 20.8 Å². The molecule has 5 heteroatoms. The summed E-state index contributed by atoms with van der Waals surface area (Å²) in [5, 5.41) is 0. The van der Waals surface area contributed by atoms with Gasteiger partial charge < -0.3 is 10.5 Å². The molecule has 0 aromatic carbocycles. The Morgan fingerprint density at radius 3 is 2.70 bits per heavy atom. The second-order valence-corrected chi connectivity index (χ2v) is 8.26. The van der Waals surface area contributed by atoms with Gasteiger partial charge in [-0.2, -0.15) is 0 Å². The average Bonchev–Trinajstić information content (AvgIpc) is 2.86. The van der Waals surface area contributed by atoms with E-state index in [2.05, 4.69) is 22.0 Å². The van der Waals surface area contributed by atoms with Crippen LogP contribution in [0.5, 0.6) is 0 Å². The van der Waals surface area contributed by atoms with Crippen LogP contribution in [0, 0.1) is 5.41 Å². The zero-order valence-corrected chi connectivity index (χ0v) is 14.3. The van der Waals surface area contributed by atoms with Gasteiger partial charge in [0.1, 0.15) is 0 Å². The Balaban J connectivity index is 2.08. The highest BCUT2D eigenvalue weighted by molar-refractivity contribution is 9.11.